The van der Waals surface area contributed by atoms with E-state index < -0.39 is 11.6 Å². The van der Waals surface area contributed by atoms with Gasteiger partial charge in [0.15, 0.2) is 5.78 Å². The Balaban J connectivity index is 2.12. The zero-order chi connectivity index (χ0) is 18.8. The second-order valence-electron chi connectivity index (χ2n) is 7.22. The van der Waals surface area contributed by atoms with E-state index in [2.05, 4.69) is 5.32 Å². The van der Waals surface area contributed by atoms with Gasteiger partial charge in [0.25, 0.3) is 5.91 Å². The van der Waals surface area contributed by atoms with Gasteiger partial charge >= 0.3 is 6.03 Å². The average Bonchev–Trinajstić information content (AvgIpc) is 2.70. The van der Waals surface area contributed by atoms with Crippen LogP contribution in [0.2, 0.25) is 0 Å². The number of benzene rings is 1. The number of imide groups is 1. The molecule has 1 fully saturated rings. The van der Waals surface area contributed by atoms with Crippen molar-refractivity contribution in [3.05, 3.63) is 46.5 Å². The fourth-order valence-corrected chi connectivity index (χ4v) is 3.06. The SMILES string of the molecule is CC(C)=CCC[C@]1(C)NC(=O)N(CC(=O)c2ccc(C)cc2C)C1=O. The molecule has 0 saturated carbocycles. The fourth-order valence-electron chi connectivity index (χ4n) is 3.06. The number of nitrogens with zero attached hydrogens (tertiary/aromatic N) is 1. The van der Waals surface area contributed by atoms with Gasteiger partial charge in [-0.3, -0.25) is 14.5 Å². The summed E-state index contributed by atoms with van der Waals surface area (Å²) in [6.07, 6.45) is 3.24. The van der Waals surface area contributed by atoms with E-state index in [1.165, 1.54) is 5.57 Å². The number of allylic oxidation sites excluding steroid dienone is 2. The quantitative estimate of drug-likeness (QED) is 0.488. The molecule has 3 amide bonds. The minimum absolute atomic E-state index is 0.227. The Kier molecular flexibility index (Phi) is 5.45. The molecule has 1 heterocycles. The number of amides is 3. The van der Waals surface area contributed by atoms with Crippen molar-refractivity contribution < 1.29 is 14.4 Å². The molecule has 2 rings (SSSR count). The van der Waals surface area contributed by atoms with Crippen molar-refractivity contribution in [2.45, 2.75) is 53.0 Å². The third-order valence-corrected chi connectivity index (χ3v) is 4.53. The second kappa shape index (κ2) is 7.21. The Labute approximate surface area is 149 Å². The highest BCUT2D eigenvalue weighted by atomic mass is 16.2. The number of nitrogens with one attached hydrogen (secondary N) is 1. The van der Waals surface area contributed by atoms with Crippen LogP contribution in [-0.4, -0.2) is 34.7 Å². The number of carbonyl (C=O) groups excluding carboxylic acids is 3. The third-order valence-electron chi connectivity index (χ3n) is 4.53. The number of aryl methyl sites for hydroxylation is 2. The maximum atomic E-state index is 12.7. The summed E-state index contributed by atoms with van der Waals surface area (Å²) >= 11 is 0. The van der Waals surface area contributed by atoms with Crippen LogP contribution in [0.1, 0.15) is 55.1 Å². The number of ketones is 1. The first-order valence-corrected chi connectivity index (χ1v) is 8.52. The molecule has 0 spiro atoms. The predicted molar refractivity (Wildman–Crippen MR) is 97.6 cm³/mol. The summed E-state index contributed by atoms with van der Waals surface area (Å²) in [7, 11) is 0. The van der Waals surface area contributed by atoms with E-state index in [0.717, 1.165) is 16.0 Å². The van der Waals surface area contributed by atoms with Crippen LogP contribution >= 0.6 is 0 Å². The van der Waals surface area contributed by atoms with E-state index in [-0.39, 0.29) is 18.2 Å². The molecular formula is C20H26N2O3. The second-order valence-corrected chi connectivity index (χ2v) is 7.22. The lowest BCUT2D eigenvalue weighted by atomic mass is 9.95. The molecule has 0 unspecified atom stereocenters. The Morgan fingerprint density at radius 3 is 2.52 bits per heavy atom. The monoisotopic (exact) mass is 342 g/mol. The number of hydrogen-bond donors (Lipinski definition) is 1. The van der Waals surface area contributed by atoms with Crippen LogP contribution < -0.4 is 5.32 Å². The van der Waals surface area contributed by atoms with Crippen LogP contribution in [0, 0.1) is 13.8 Å². The summed E-state index contributed by atoms with van der Waals surface area (Å²) in [5.74, 6) is -0.563. The molecule has 5 heteroatoms. The average molecular weight is 342 g/mol. The van der Waals surface area contributed by atoms with Crippen LogP contribution in [0.4, 0.5) is 4.79 Å². The van der Waals surface area contributed by atoms with E-state index in [9.17, 15) is 14.4 Å². The minimum Gasteiger partial charge on any atom is -0.323 e. The van der Waals surface area contributed by atoms with Gasteiger partial charge in [0.1, 0.15) is 5.54 Å². The standard InChI is InChI=1S/C20H26N2O3/c1-13(2)7-6-10-20(5)18(24)22(19(25)21-20)12-17(23)16-9-8-14(3)11-15(16)4/h7-9,11H,6,10,12H2,1-5H3,(H,21,25)/t20-/m0/s1. The molecule has 1 saturated heterocycles. The van der Waals surface area contributed by atoms with Crippen molar-refractivity contribution in [3.8, 4) is 0 Å². The van der Waals surface area contributed by atoms with Crippen LogP contribution in [0.25, 0.3) is 0 Å². The summed E-state index contributed by atoms with van der Waals surface area (Å²) in [6, 6.07) is 5.03. The number of Topliss-reactive ketones (excluding diaryl/α,β-unsaturated/α-hetero) is 1. The highest BCUT2D eigenvalue weighted by Crippen LogP contribution is 2.24. The van der Waals surface area contributed by atoms with Crippen LogP contribution in [0.3, 0.4) is 0 Å². The fraction of sp³-hybridized carbons (Fsp3) is 0.450. The van der Waals surface area contributed by atoms with Crippen molar-refractivity contribution in [1.29, 1.82) is 0 Å². The van der Waals surface area contributed by atoms with Crippen molar-refractivity contribution in [1.82, 2.24) is 10.2 Å². The van der Waals surface area contributed by atoms with E-state index in [1.54, 1.807) is 13.0 Å². The molecular weight excluding hydrogens is 316 g/mol. The van der Waals surface area contributed by atoms with E-state index in [0.29, 0.717) is 18.4 Å². The van der Waals surface area contributed by atoms with Crippen LogP contribution in [-0.2, 0) is 4.79 Å². The smallest absolute Gasteiger partial charge is 0.323 e. The topological polar surface area (TPSA) is 66.5 Å². The molecule has 134 valence electrons. The Hall–Kier alpha value is -2.43. The number of carbonyl (C=O) groups is 3. The molecule has 0 aromatic heterocycles. The summed E-state index contributed by atoms with van der Waals surface area (Å²) in [6.45, 7) is 9.28. The molecule has 1 aromatic rings. The van der Waals surface area contributed by atoms with Gasteiger partial charge < -0.3 is 5.32 Å². The van der Waals surface area contributed by atoms with Crippen molar-refractivity contribution in [3.63, 3.8) is 0 Å². The largest absolute Gasteiger partial charge is 0.325 e. The number of hydrogen-bond acceptors (Lipinski definition) is 3. The zero-order valence-electron chi connectivity index (χ0n) is 15.6. The summed E-state index contributed by atoms with van der Waals surface area (Å²) in [5.41, 5.74) is 2.68. The first-order valence-electron chi connectivity index (χ1n) is 8.52. The van der Waals surface area contributed by atoms with E-state index >= 15 is 0 Å². The van der Waals surface area contributed by atoms with Gasteiger partial charge in [-0.1, -0.05) is 35.4 Å². The van der Waals surface area contributed by atoms with Crippen LogP contribution in [0.15, 0.2) is 29.8 Å². The van der Waals surface area contributed by atoms with Gasteiger partial charge in [0.2, 0.25) is 0 Å². The highest BCUT2D eigenvalue weighted by molar-refractivity contribution is 6.11. The van der Waals surface area contributed by atoms with Gasteiger partial charge in [0, 0.05) is 5.56 Å². The first kappa shape index (κ1) is 18.9. The summed E-state index contributed by atoms with van der Waals surface area (Å²) < 4.78 is 0. The normalized spacial score (nSPS) is 19.8. The number of urea groups is 1. The lowest BCUT2D eigenvalue weighted by molar-refractivity contribution is -0.130. The molecule has 1 aromatic carbocycles. The summed E-state index contributed by atoms with van der Waals surface area (Å²) in [5, 5.41) is 2.74. The molecule has 1 atom stereocenters. The van der Waals surface area contributed by atoms with E-state index in [1.807, 2.05) is 45.9 Å². The van der Waals surface area contributed by atoms with Crippen molar-refractivity contribution in [2.24, 2.45) is 0 Å². The maximum absolute atomic E-state index is 12.7. The highest BCUT2D eigenvalue weighted by Gasteiger charge is 2.47. The Morgan fingerprint density at radius 1 is 1.24 bits per heavy atom. The molecule has 0 aliphatic carbocycles. The molecule has 5 nitrogen and oxygen atoms in total. The van der Waals surface area contributed by atoms with Gasteiger partial charge in [-0.2, -0.15) is 0 Å². The lowest BCUT2D eigenvalue weighted by Gasteiger charge is -2.21. The molecule has 0 bridgehead atoms. The summed E-state index contributed by atoms with van der Waals surface area (Å²) in [4.78, 5) is 38.5. The minimum atomic E-state index is -0.953. The third kappa shape index (κ3) is 4.16. The maximum Gasteiger partial charge on any atom is 0.325 e. The molecule has 0 radical (unpaired) electrons. The predicted octanol–water partition coefficient (Wildman–Crippen LogP) is 3.54. The first-order chi connectivity index (χ1) is 11.6. The van der Waals surface area contributed by atoms with Crippen LogP contribution in [0.5, 0.6) is 0 Å². The molecule has 25 heavy (non-hydrogen) atoms. The van der Waals surface area contributed by atoms with Gasteiger partial charge in [-0.25, -0.2) is 4.79 Å². The van der Waals surface area contributed by atoms with Gasteiger partial charge in [-0.05, 0) is 53.0 Å². The van der Waals surface area contributed by atoms with Gasteiger partial charge in [0.05, 0.1) is 6.54 Å². The molecule has 1 N–H and O–H groups in total. The molecule has 1 aliphatic heterocycles. The Bertz CT molecular complexity index is 747. The van der Waals surface area contributed by atoms with Gasteiger partial charge in [-0.15, -0.1) is 0 Å². The van der Waals surface area contributed by atoms with Crippen molar-refractivity contribution in [2.75, 3.05) is 6.54 Å². The Morgan fingerprint density at radius 2 is 1.92 bits per heavy atom. The van der Waals surface area contributed by atoms with E-state index in [4.69, 9.17) is 0 Å². The number of rotatable bonds is 6. The lowest BCUT2D eigenvalue weighted by Crippen LogP contribution is -2.44. The van der Waals surface area contributed by atoms with Crippen molar-refractivity contribution >= 4 is 17.7 Å². The molecule has 1 aliphatic rings. The zero-order valence-corrected chi connectivity index (χ0v) is 15.6.